The van der Waals surface area contributed by atoms with Crippen LogP contribution in [0.3, 0.4) is 0 Å². The largest absolute Gasteiger partial charge is 0.495 e. The molecule has 0 bridgehead atoms. The first-order valence-corrected chi connectivity index (χ1v) is 7.73. The fourth-order valence-electron chi connectivity index (χ4n) is 1.56. The van der Waals surface area contributed by atoms with Gasteiger partial charge in [0.05, 0.1) is 12.1 Å². The van der Waals surface area contributed by atoms with Crippen molar-refractivity contribution in [3.63, 3.8) is 0 Å². The number of aromatic nitrogens is 1. The summed E-state index contributed by atoms with van der Waals surface area (Å²) in [5.41, 5.74) is 1.03. The van der Waals surface area contributed by atoms with Gasteiger partial charge in [0.25, 0.3) is 5.91 Å². The van der Waals surface area contributed by atoms with Crippen molar-refractivity contribution in [1.29, 1.82) is 0 Å². The maximum Gasteiger partial charge on any atom is 0.265 e. The number of thioether (sulfide) groups is 1. The van der Waals surface area contributed by atoms with Crippen molar-refractivity contribution in [3.05, 3.63) is 40.2 Å². The second-order valence-corrected chi connectivity index (χ2v) is 5.45. The molecule has 0 aliphatic carbocycles. The SMILES string of the molecule is COc1ccsc1C(=O)NCc1ccnc(SC)c1. The summed E-state index contributed by atoms with van der Waals surface area (Å²) in [5, 5.41) is 5.67. The van der Waals surface area contributed by atoms with Crippen LogP contribution in [-0.4, -0.2) is 24.3 Å². The highest BCUT2D eigenvalue weighted by Crippen LogP contribution is 2.24. The van der Waals surface area contributed by atoms with Crippen LogP contribution in [0.25, 0.3) is 0 Å². The van der Waals surface area contributed by atoms with E-state index < -0.39 is 0 Å². The quantitative estimate of drug-likeness (QED) is 0.862. The zero-order chi connectivity index (χ0) is 13.7. The van der Waals surface area contributed by atoms with Crippen LogP contribution in [0.1, 0.15) is 15.2 Å². The third kappa shape index (κ3) is 3.48. The molecule has 4 nitrogen and oxygen atoms in total. The van der Waals surface area contributed by atoms with E-state index in [9.17, 15) is 4.79 Å². The first-order chi connectivity index (χ1) is 9.24. The van der Waals surface area contributed by atoms with Crippen molar-refractivity contribution in [2.75, 3.05) is 13.4 Å². The van der Waals surface area contributed by atoms with Crippen molar-refractivity contribution >= 4 is 29.0 Å². The lowest BCUT2D eigenvalue weighted by Gasteiger charge is -2.06. The summed E-state index contributed by atoms with van der Waals surface area (Å²) in [6, 6.07) is 5.65. The standard InChI is InChI=1S/C13H14N2O2S2/c1-17-10-4-6-19-12(10)13(16)15-8-9-3-5-14-11(7-9)18-2/h3-7H,8H2,1-2H3,(H,15,16). The molecule has 0 spiro atoms. The lowest BCUT2D eigenvalue weighted by Crippen LogP contribution is -2.22. The Morgan fingerprint density at radius 3 is 3.11 bits per heavy atom. The summed E-state index contributed by atoms with van der Waals surface area (Å²) in [5.74, 6) is 0.497. The van der Waals surface area contributed by atoms with E-state index in [2.05, 4.69) is 10.3 Å². The number of methoxy groups -OCH3 is 1. The number of rotatable bonds is 5. The Morgan fingerprint density at radius 1 is 1.53 bits per heavy atom. The molecule has 0 saturated heterocycles. The van der Waals surface area contributed by atoms with Gasteiger partial charge in [-0.2, -0.15) is 0 Å². The Kier molecular flexibility index (Phi) is 4.81. The maximum absolute atomic E-state index is 12.0. The number of carbonyl (C=O) groups excluding carboxylic acids is 1. The molecule has 2 aromatic rings. The van der Waals surface area contributed by atoms with Gasteiger partial charge in [0.2, 0.25) is 0 Å². The van der Waals surface area contributed by atoms with Gasteiger partial charge in [0.1, 0.15) is 10.6 Å². The average molecular weight is 294 g/mol. The van der Waals surface area contributed by atoms with Gasteiger partial charge in [-0.25, -0.2) is 4.98 Å². The van der Waals surface area contributed by atoms with Crippen LogP contribution in [0.4, 0.5) is 0 Å². The molecule has 2 aromatic heterocycles. The first kappa shape index (κ1) is 13.9. The highest BCUT2D eigenvalue weighted by atomic mass is 32.2. The van der Waals surface area contributed by atoms with Crippen LogP contribution in [0.15, 0.2) is 34.8 Å². The number of hydrogen-bond donors (Lipinski definition) is 1. The summed E-state index contributed by atoms with van der Waals surface area (Å²) in [4.78, 5) is 16.8. The van der Waals surface area contributed by atoms with Crippen molar-refractivity contribution in [2.24, 2.45) is 0 Å². The smallest absolute Gasteiger partial charge is 0.265 e. The predicted octanol–water partition coefficient (Wildman–Crippen LogP) is 2.80. The monoisotopic (exact) mass is 294 g/mol. The zero-order valence-corrected chi connectivity index (χ0v) is 12.3. The van der Waals surface area contributed by atoms with Crippen LogP contribution in [-0.2, 0) is 6.54 Å². The van der Waals surface area contributed by atoms with E-state index in [1.807, 2.05) is 23.8 Å². The average Bonchev–Trinajstić information content (AvgIpc) is 2.93. The van der Waals surface area contributed by atoms with Crippen molar-refractivity contribution < 1.29 is 9.53 Å². The molecule has 0 fully saturated rings. The molecule has 0 unspecified atom stereocenters. The summed E-state index contributed by atoms with van der Waals surface area (Å²) >= 11 is 2.95. The van der Waals surface area contributed by atoms with Gasteiger partial charge in [0, 0.05) is 12.7 Å². The fourth-order valence-corrected chi connectivity index (χ4v) is 2.77. The van der Waals surface area contributed by atoms with Crippen LogP contribution in [0.2, 0.25) is 0 Å². The molecule has 0 radical (unpaired) electrons. The van der Waals surface area contributed by atoms with Crippen molar-refractivity contribution in [1.82, 2.24) is 10.3 Å². The predicted molar refractivity (Wildman–Crippen MR) is 78.1 cm³/mol. The second kappa shape index (κ2) is 6.58. The second-order valence-electron chi connectivity index (χ2n) is 3.71. The Hall–Kier alpha value is -1.53. The molecule has 2 heterocycles. The Balaban J connectivity index is 2.00. The number of ether oxygens (including phenoxy) is 1. The number of thiophene rings is 1. The number of carbonyl (C=O) groups is 1. The maximum atomic E-state index is 12.0. The van der Waals surface area contributed by atoms with E-state index >= 15 is 0 Å². The molecule has 100 valence electrons. The van der Waals surface area contributed by atoms with E-state index in [-0.39, 0.29) is 5.91 Å². The van der Waals surface area contributed by atoms with E-state index in [4.69, 9.17) is 4.74 Å². The van der Waals surface area contributed by atoms with E-state index in [1.165, 1.54) is 11.3 Å². The minimum Gasteiger partial charge on any atom is -0.495 e. The number of nitrogens with zero attached hydrogens (tertiary/aromatic N) is 1. The fraction of sp³-hybridized carbons (Fsp3) is 0.231. The molecule has 1 amide bonds. The molecule has 0 atom stereocenters. The van der Waals surface area contributed by atoms with E-state index in [1.54, 1.807) is 31.1 Å². The summed E-state index contributed by atoms with van der Waals surface area (Å²) < 4.78 is 5.13. The molecule has 6 heteroatoms. The topological polar surface area (TPSA) is 51.2 Å². The van der Waals surface area contributed by atoms with Gasteiger partial charge in [0.15, 0.2) is 0 Å². The molecule has 19 heavy (non-hydrogen) atoms. The summed E-state index contributed by atoms with van der Waals surface area (Å²) in [6.45, 7) is 0.482. The normalized spacial score (nSPS) is 10.2. The van der Waals surface area contributed by atoms with E-state index in [0.717, 1.165) is 10.6 Å². The van der Waals surface area contributed by atoms with Crippen LogP contribution >= 0.6 is 23.1 Å². The Morgan fingerprint density at radius 2 is 2.37 bits per heavy atom. The van der Waals surface area contributed by atoms with Crippen molar-refractivity contribution in [3.8, 4) is 5.75 Å². The van der Waals surface area contributed by atoms with Gasteiger partial charge >= 0.3 is 0 Å². The zero-order valence-electron chi connectivity index (χ0n) is 10.7. The molecule has 0 aliphatic heterocycles. The Labute approximate surface area is 120 Å². The first-order valence-electron chi connectivity index (χ1n) is 5.63. The molecule has 2 rings (SSSR count). The highest BCUT2D eigenvalue weighted by molar-refractivity contribution is 7.98. The minimum atomic E-state index is -0.116. The van der Waals surface area contributed by atoms with Gasteiger partial charge in [-0.1, -0.05) is 0 Å². The van der Waals surface area contributed by atoms with Crippen LogP contribution in [0.5, 0.6) is 5.75 Å². The third-order valence-corrected chi connectivity index (χ3v) is 4.05. The Bertz CT molecular complexity index is 569. The lowest BCUT2D eigenvalue weighted by molar-refractivity contribution is 0.0952. The van der Waals surface area contributed by atoms with E-state index in [0.29, 0.717) is 17.2 Å². The van der Waals surface area contributed by atoms with Crippen molar-refractivity contribution in [2.45, 2.75) is 11.6 Å². The number of amides is 1. The lowest BCUT2D eigenvalue weighted by atomic mass is 10.2. The number of pyridine rings is 1. The van der Waals surface area contributed by atoms with Crippen LogP contribution < -0.4 is 10.1 Å². The molecule has 0 aliphatic rings. The molecule has 1 N–H and O–H groups in total. The number of nitrogens with one attached hydrogen (secondary N) is 1. The van der Waals surface area contributed by atoms with Crippen LogP contribution in [0, 0.1) is 0 Å². The van der Waals surface area contributed by atoms with Gasteiger partial charge in [-0.3, -0.25) is 4.79 Å². The van der Waals surface area contributed by atoms with Gasteiger partial charge in [-0.15, -0.1) is 23.1 Å². The van der Waals surface area contributed by atoms with Gasteiger partial charge < -0.3 is 10.1 Å². The summed E-state index contributed by atoms with van der Waals surface area (Å²) in [6.07, 6.45) is 3.72. The third-order valence-electron chi connectivity index (χ3n) is 2.52. The molecule has 0 aromatic carbocycles. The van der Waals surface area contributed by atoms with Gasteiger partial charge in [-0.05, 0) is 35.4 Å². The molecule has 0 saturated carbocycles. The number of hydrogen-bond acceptors (Lipinski definition) is 5. The highest BCUT2D eigenvalue weighted by Gasteiger charge is 2.13. The minimum absolute atomic E-state index is 0.116. The molecular formula is C13H14N2O2S2. The molecular weight excluding hydrogens is 280 g/mol. The summed E-state index contributed by atoms with van der Waals surface area (Å²) in [7, 11) is 1.56.